The molecule has 0 fully saturated rings. The van der Waals surface area contributed by atoms with Gasteiger partial charge in [0.25, 0.3) is 0 Å². The maximum Gasteiger partial charge on any atom is 0.203 e. The summed E-state index contributed by atoms with van der Waals surface area (Å²) in [5.41, 5.74) is 2.99. The van der Waals surface area contributed by atoms with E-state index < -0.39 is 0 Å². The average Bonchev–Trinajstić information content (AvgIpc) is 2.60. The van der Waals surface area contributed by atoms with E-state index in [0.29, 0.717) is 17.2 Å². The van der Waals surface area contributed by atoms with E-state index in [2.05, 4.69) is 12.2 Å². The van der Waals surface area contributed by atoms with E-state index >= 15 is 0 Å². The first kappa shape index (κ1) is 17.4. The van der Waals surface area contributed by atoms with Crippen molar-refractivity contribution in [2.75, 3.05) is 27.9 Å². The number of nitrogens with one attached hydrogen (secondary N) is 1. The van der Waals surface area contributed by atoms with E-state index in [1.165, 1.54) is 5.56 Å². The van der Waals surface area contributed by atoms with Crippen LogP contribution in [0, 0.1) is 0 Å². The zero-order chi connectivity index (χ0) is 18.0. The van der Waals surface area contributed by atoms with E-state index in [9.17, 15) is 5.11 Å². The summed E-state index contributed by atoms with van der Waals surface area (Å²) in [6.07, 6.45) is 1.61. The molecule has 0 amide bonds. The number of hydrogen-bond acceptors (Lipinski definition) is 5. The summed E-state index contributed by atoms with van der Waals surface area (Å²) in [6, 6.07) is 9.41. The molecule has 0 aromatic heterocycles. The van der Waals surface area contributed by atoms with Gasteiger partial charge in [0, 0.05) is 17.6 Å². The molecule has 2 aromatic carbocycles. The Kier molecular flexibility index (Phi) is 4.77. The molecule has 134 valence electrons. The van der Waals surface area contributed by atoms with Crippen molar-refractivity contribution >= 4 is 0 Å². The molecule has 3 rings (SSSR count). The monoisotopic (exact) mass is 343 g/mol. The van der Waals surface area contributed by atoms with Crippen LogP contribution in [0.1, 0.15) is 23.6 Å². The first-order valence-electron chi connectivity index (χ1n) is 8.37. The third-order valence-corrected chi connectivity index (χ3v) is 4.84. The lowest BCUT2D eigenvalue weighted by molar-refractivity contribution is 0.291. The second kappa shape index (κ2) is 6.84. The second-order valence-electron chi connectivity index (χ2n) is 6.54. The molecule has 1 heterocycles. The Morgan fingerprint density at radius 2 is 1.84 bits per heavy atom. The topological polar surface area (TPSA) is 60.0 Å². The Hall–Kier alpha value is -2.40. The summed E-state index contributed by atoms with van der Waals surface area (Å²) in [6.45, 7) is 3.02. The SMILES string of the molecule is COc1cc2c(c(OC)c1OC)[C@](C)(Cc1cccc(O)c1)NCC2. The fourth-order valence-corrected chi connectivity index (χ4v) is 3.80. The fraction of sp³-hybridized carbons (Fsp3) is 0.400. The number of benzene rings is 2. The number of ether oxygens (including phenoxy) is 3. The molecule has 5 nitrogen and oxygen atoms in total. The molecule has 0 spiro atoms. The molecule has 5 heteroatoms. The summed E-state index contributed by atoms with van der Waals surface area (Å²) in [5, 5.41) is 13.4. The van der Waals surface area contributed by atoms with Crippen LogP contribution in [0.4, 0.5) is 0 Å². The van der Waals surface area contributed by atoms with Crippen LogP contribution >= 0.6 is 0 Å². The first-order valence-corrected chi connectivity index (χ1v) is 8.37. The largest absolute Gasteiger partial charge is 0.508 e. The quantitative estimate of drug-likeness (QED) is 0.874. The number of aromatic hydroxyl groups is 1. The number of methoxy groups -OCH3 is 3. The number of phenolic OH excluding ortho intramolecular Hbond substituents is 1. The minimum absolute atomic E-state index is 0.274. The highest BCUT2D eigenvalue weighted by atomic mass is 16.5. The minimum Gasteiger partial charge on any atom is -0.508 e. The van der Waals surface area contributed by atoms with Crippen LogP contribution in [0.25, 0.3) is 0 Å². The Morgan fingerprint density at radius 1 is 1.08 bits per heavy atom. The van der Waals surface area contributed by atoms with Gasteiger partial charge in [-0.05, 0) is 49.1 Å². The van der Waals surface area contributed by atoms with Crippen LogP contribution in [0.15, 0.2) is 30.3 Å². The van der Waals surface area contributed by atoms with Crippen molar-refractivity contribution in [3.8, 4) is 23.0 Å². The summed E-state index contributed by atoms with van der Waals surface area (Å²) >= 11 is 0. The van der Waals surface area contributed by atoms with Crippen LogP contribution in [0.3, 0.4) is 0 Å². The summed E-state index contributed by atoms with van der Waals surface area (Å²) in [7, 11) is 4.91. The van der Waals surface area contributed by atoms with Crippen LogP contribution in [0.2, 0.25) is 0 Å². The number of phenols is 1. The molecule has 2 N–H and O–H groups in total. The second-order valence-corrected chi connectivity index (χ2v) is 6.54. The van der Waals surface area contributed by atoms with Crippen molar-refractivity contribution in [3.05, 3.63) is 47.0 Å². The molecular weight excluding hydrogens is 318 g/mol. The van der Waals surface area contributed by atoms with Crippen molar-refractivity contribution in [3.63, 3.8) is 0 Å². The van der Waals surface area contributed by atoms with Gasteiger partial charge >= 0.3 is 0 Å². The van der Waals surface area contributed by atoms with Gasteiger partial charge < -0.3 is 24.6 Å². The molecule has 0 saturated heterocycles. The van der Waals surface area contributed by atoms with Gasteiger partial charge in [0.1, 0.15) is 5.75 Å². The third-order valence-electron chi connectivity index (χ3n) is 4.84. The maximum absolute atomic E-state index is 9.79. The van der Waals surface area contributed by atoms with Gasteiger partial charge in [-0.15, -0.1) is 0 Å². The van der Waals surface area contributed by atoms with Gasteiger partial charge in [-0.1, -0.05) is 12.1 Å². The number of fused-ring (bicyclic) bond motifs is 1. The Labute approximate surface area is 148 Å². The Bertz CT molecular complexity index is 775. The van der Waals surface area contributed by atoms with E-state index in [1.807, 2.05) is 18.2 Å². The molecule has 1 aliphatic rings. The highest BCUT2D eigenvalue weighted by Crippen LogP contribution is 2.48. The lowest BCUT2D eigenvalue weighted by atomic mass is 9.78. The zero-order valence-corrected chi connectivity index (χ0v) is 15.2. The van der Waals surface area contributed by atoms with E-state index in [4.69, 9.17) is 14.2 Å². The predicted octanol–water partition coefficient (Wildman–Crippen LogP) is 3.02. The third kappa shape index (κ3) is 3.12. The van der Waals surface area contributed by atoms with Gasteiger partial charge in [0.15, 0.2) is 11.5 Å². The van der Waals surface area contributed by atoms with Crippen molar-refractivity contribution < 1.29 is 19.3 Å². The highest BCUT2D eigenvalue weighted by molar-refractivity contribution is 5.62. The zero-order valence-electron chi connectivity index (χ0n) is 15.2. The van der Waals surface area contributed by atoms with Crippen molar-refractivity contribution in [2.45, 2.75) is 25.3 Å². The van der Waals surface area contributed by atoms with Gasteiger partial charge in [0.05, 0.1) is 21.3 Å². The average molecular weight is 343 g/mol. The van der Waals surface area contributed by atoms with E-state index in [-0.39, 0.29) is 11.3 Å². The molecule has 1 atom stereocenters. The lowest BCUT2D eigenvalue weighted by Gasteiger charge is -2.39. The molecule has 0 radical (unpaired) electrons. The molecule has 25 heavy (non-hydrogen) atoms. The van der Waals surface area contributed by atoms with E-state index in [1.54, 1.807) is 33.5 Å². The van der Waals surface area contributed by atoms with Crippen molar-refractivity contribution in [1.29, 1.82) is 0 Å². The molecule has 0 bridgehead atoms. The van der Waals surface area contributed by atoms with Crippen LogP contribution in [0.5, 0.6) is 23.0 Å². The minimum atomic E-state index is -0.341. The van der Waals surface area contributed by atoms with Crippen LogP contribution < -0.4 is 19.5 Å². The van der Waals surface area contributed by atoms with Gasteiger partial charge in [0.2, 0.25) is 5.75 Å². The van der Waals surface area contributed by atoms with Gasteiger partial charge in [-0.25, -0.2) is 0 Å². The summed E-state index contributed by atoms with van der Waals surface area (Å²) in [4.78, 5) is 0. The Balaban J connectivity index is 2.14. The van der Waals surface area contributed by atoms with Crippen molar-refractivity contribution in [1.82, 2.24) is 5.32 Å². The standard InChI is InChI=1S/C20H25NO4/c1-20(12-13-6-5-7-15(22)10-13)17-14(8-9-21-20)11-16(23-2)18(24-3)19(17)25-4/h5-7,10-11,21-22H,8-9,12H2,1-4H3/t20-/m0/s1. The fourth-order valence-electron chi connectivity index (χ4n) is 3.80. The predicted molar refractivity (Wildman–Crippen MR) is 97.0 cm³/mol. The molecule has 2 aromatic rings. The molecule has 0 unspecified atom stereocenters. The van der Waals surface area contributed by atoms with Crippen LogP contribution in [-0.2, 0) is 18.4 Å². The van der Waals surface area contributed by atoms with Gasteiger partial charge in [-0.2, -0.15) is 0 Å². The highest BCUT2D eigenvalue weighted by Gasteiger charge is 2.37. The van der Waals surface area contributed by atoms with E-state index in [0.717, 1.165) is 30.5 Å². The van der Waals surface area contributed by atoms with Crippen molar-refractivity contribution in [2.24, 2.45) is 0 Å². The van der Waals surface area contributed by atoms with Gasteiger partial charge in [-0.3, -0.25) is 0 Å². The smallest absolute Gasteiger partial charge is 0.203 e. The number of rotatable bonds is 5. The van der Waals surface area contributed by atoms with Crippen LogP contribution in [-0.4, -0.2) is 33.0 Å². The maximum atomic E-state index is 9.79. The molecule has 0 aliphatic carbocycles. The summed E-state index contributed by atoms with van der Waals surface area (Å²) < 4.78 is 16.8. The number of hydrogen-bond donors (Lipinski definition) is 2. The Morgan fingerprint density at radius 3 is 2.48 bits per heavy atom. The molecule has 1 aliphatic heterocycles. The first-order chi connectivity index (χ1) is 12.0. The lowest BCUT2D eigenvalue weighted by Crippen LogP contribution is -2.47. The summed E-state index contributed by atoms with van der Waals surface area (Å²) in [5.74, 6) is 2.26. The molecule has 0 saturated carbocycles. The normalized spacial score (nSPS) is 19.2. The molecular formula is C20H25NO4.